The van der Waals surface area contributed by atoms with E-state index in [1.54, 1.807) is 0 Å². The van der Waals surface area contributed by atoms with Gasteiger partial charge < -0.3 is 15.8 Å². The van der Waals surface area contributed by atoms with Crippen LogP contribution in [0.1, 0.15) is 29.6 Å². The average molecular weight is 250 g/mol. The Balaban J connectivity index is 1.71. The molecule has 3 N–H and O–H groups in total. The molecule has 18 heavy (non-hydrogen) atoms. The van der Waals surface area contributed by atoms with Crippen molar-refractivity contribution in [2.24, 2.45) is 0 Å². The number of ether oxygens (including phenoxy) is 1. The van der Waals surface area contributed by atoms with Gasteiger partial charge in [-0.05, 0) is 37.5 Å². The Hall–Kier alpha value is -1.62. The van der Waals surface area contributed by atoms with E-state index in [9.17, 15) is 9.18 Å². The van der Waals surface area contributed by atoms with E-state index in [2.05, 4.69) is 5.32 Å². The minimum atomic E-state index is -0.496. The van der Waals surface area contributed by atoms with Gasteiger partial charge >= 0.3 is 0 Å². The van der Waals surface area contributed by atoms with E-state index in [4.69, 9.17) is 10.5 Å². The first-order chi connectivity index (χ1) is 8.61. The molecular formula is C13H15FN2O2. The molecular weight excluding hydrogens is 235 g/mol. The normalized spacial score (nSPS) is 29.5. The molecule has 4 nitrogen and oxygen atoms in total. The average Bonchev–Trinajstić information content (AvgIpc) is 2.89. The topological polar surface area (TPSA) is 64.4 Å². The van der Waals surface area contributed by atoms with Crippen molar-refractivity contribution in [3.05, 3.63) is 29.6 Å². The zero-order valence-corrected chi connectivity index (χ0v) is 9.86. The number of carbonyl (C=O) groups excluding carboxylic acids is 1. The number of hydrogen-bond donors (Lipinski definition) is 2. The maximum absolute atomic E-state index is 13.2. The van der Waals surface area contributed by atoms with Crippen LogP contribution in [-0.2, 0) is 4.74 Å². The van der Waals surface area contributed by atoms with E-state index < -0.39 is 5.82 Å². The Morgan fingerprint density at radius 3 is 2.83 bits per heavy atom. The first-order valence-electron chi connectivity index (χ1n) is 6.14. The summed E-state index contributed by atoms with van der Waals surface area (Å²) in [7, 11) is 0. The van der Waals surface area contributed by atoms with Gasteiger partial charge in [-0.2, -0.15) is 0 Å². The summed E-state index contributed by atoms with van der Waals surface area (Å²) in [5.41, 5.74) is 6.03. The van der Waals surface area contributed by atoms with Crippen molar-refractivity contribution in [3.8, 4) is 0 Å². The number of rotatable bonds is 2. The van der Waals surface area contributed by atoms with Gasteiger partial charge in [0, 0.05) is 11.3 Å². The fourth-order valence-corrected chi connectivity index (χ4v) is 2.78. The molecule has 2 fully saturated rings. The fourth-order valence-electron chi connectivity index (χ4n) is 2.78. The van der Waals surface area contributed by atoms with Crippen LogP contribution >= 0.6 is 0 Å². The summed E-state index contributed by atoms with van der Waals surface area (Å²) in [6, 6.07) is 3.91. The van der Waals surface area contributed by atoms with Crippen molar-refractivity contribution >= 4 is 11.6 Å². The lowest BCUT2D eigenvalue weighted by Crippen LogP contribution is -2.41. The van der Waals surface area contributed by atoms with Crippen molar-refractivity contribution in [2.45, 2.75) is 37.5 Å². The molecule has 0 spiro atoms. The second-order valence-corrected chi connectivity index (χ2v) is 4.96. The second-order valence-electron chi connectivity index (χ2n) is 4.96. The molecule has 0 saturated carbocycles. The molecule has 2 aliphatic rings. The molecule has 1 aromatic carbocycles. The number of nitrogen functional groups attached to an aromatic ring is 1. The molecule has 96 valence electrons. The third-order valence-corrected chi connectivity index (χ3v) is 3.60. The predicted molar refractivity (Wildman–Crippen MR) is 64.6 cm³/mol. The highest BCUT2D eigenvalue weighted by Gasteiger charge is 2.41. The molecule has 5 heteroatoms. The highest BCUT2D eigenvalue weighted by molar-refractivity contribution is 5.95. The molecule has 0 aliphatic carbocycles. The Morgan fingerprint density at radius 1 is 1.39 bits per heavy atom. The number of anilines is 1. The summed E-state index contributed by atoms with van der Waals surface area (Å²) in [6.07, 6.45) is 3.30. The monoisotopic (exact) mass is 250 g/mol. The van der Waals surface area contributed by atoms with Crippen LogP contribution in [-0.4, -0.2) is 24.2 Å². The van der Waals surface area contributed by atoms with Gasteiger partial charge in [-0.1, -0.05) is 0 Å². The maximum atomic E-state index is 13.2. The lowest BCUT2D eigenvalue weighted by Gasteiger charge is -2.20. The summed E-state index contributed by atoms with van der Waals surface area (Å²) >= 11 is 0. The summed E-state index contributed by atoms with van der Waals surface area (Å²) in [5, 5.41) is 2.89. The van der Waals surface area contributed by atoms with Crippen LogP contribution in [0.4, 0.5) is 10.1 Å². The standard InChI is InChI=1S/C13H15FN2O2/c14-8-3-7(4-9(15)5-8)13(17)16-11-6-10-1-2-12(11)18-10/h3-5,10-12H,1-2,6,15H2,(H,16,17). The van der Waals surface area contributed by atoms with Gasteiger partial charge in [0.25, 0.3) is 5.91 Å². The fraction of sp³-hybridized carbons (Fsp3) is 0.462. The predicted octanol–water partition coefficient (Wildman–Crippen LogP) is 1.46. The SMILES string of the molecule is Nc1cc(F)cc(C(=O)NC2CC3CCC2O3)c1. The van der Waals surface area contributed by atoms with Crippen LogP contribution < -0.4 is 11.1 Å². The number of amides is 1. The molecule has 3 unspecified atom stereocenters. The molecule has 2 bridgehead atoms. The first-order valence-corrected chi connectivity index (χ1v) is 6.14. The molecule has 3 rings (SSSR count). The minimum Gasteiger partial charge on any atom is -0.399 e. The van der Waals surface area contributed by atoms with Crippen molar-refractivity contribution in [3.63, 3.8) is 0 Å². The van der Waals surface area contributed by atoms with E-state index in [-0.39, 0.29) is 35.4 Å². The summed E-state index contributed by atoms with van der Waals surface area (Å²) < 4.78 is 18.8. The Kier molecular flexibility index (Phi) is 2.70. The minimum absolute atomic E-state index is 0.0424. The van der Waals surface area contributed by atoms with Crippen molar-refractivity contribution < 1.29 is 13.9 Å². The lowest BCUT2D eigenvalue weighted by atomic mass is 9.95. The van der Waals surface area contributed by atoms with Crippen LogP contribution in [0.15, 0.2) is 18.2 Å². The highest BCUT2D eigenvalue weighted by Crippen LogP contribution is 2.34. The van der Waals surface area contributed by atoms with E-state index in [1.165, 1.54) is 18.2 Å². The van der Waals surface area contributed by atoms with Crippen LogP contribution in [0.2, 0.25) is 0 Å². The van der Waals surface area contributed by atoms with Gasteiger partial charge in [-0.25, -0.2) is 4.39 Å². The number of halogens is 1. The van der Waals surface area contributed by atoms with Gasteiger partial charge in [0.15, 0.2) is 0 Å². The molecule has 2 aliphatic heterocycles. The van der Waals surface area contributed by atoms with Gasteiger partial charge in [-0.15, -0.1) is 0 Å². The number of fused-ring (bicyclic) bond motifs is 2. The molecule has 0 radical (unpaired) electrons. The van der Waals surface area contributed by atoms with E-state index >= 15 is 0 Å². The summed E-state index contributed by atoms with van der Waals surface area (Å²) in [6.45, 7) is 0. The number of benzene rings is 1. The molecule has 2 saturated heterocycles. The summed E-state index contributed by atoms with van der Waals surface area (Å²) in [4.78, 5) is 12.0. The van der Waals surface area contributed by atoms with Crippen molar-refractivity contribution in [1.29, 1.82) is 0 Å². The van der Waals surface area contributed by atoms with Gasteiger partial charge in [-0.3, -0.25) is 4.79 Å². The molecule has 2 heterocycles. The van der Waals surface area contributed by atoms with E-state index in [0.717, 1.165) is 19.3 Å². The van der Waals surface area contributed by atoms with E-state index in [1.807, 2.05) is 0 Å². The third kappa shape index (κ3) is 2.06. The number of nitrogens with one attached hydrogen (secondary N) is 1. The molecule has 0 aromatic heterocycles. The van der Waals surface area contributed by atoms with Gasteiger partial charge in [0.2, 0.25) is 0 Å². The highest BCUT2D eigenvalue weighted by atomic mass is 19.1. The zero-order chi connectivity index (χ0) is 12.7. The number of nitrogens with two attached hydrogens (primary N) is 1. The van der Waals surface area contributed by atoms with Crippen LogP contribution in [0.5, 0.6) is 0 Å². The lowest BCUT2D eigenvalue weighted by molar-refractivity contribution is 0.0840. The molecule has 1 amide bonds. The largest absolute Gasteiger partial charge is 0.399 e. The third-order valence-electron chi connectivity index (χ3n) is 3.60. The van der Waals surface area contributed by atoms with Gasteiger partial charge in [0.05, 0.1) is 18.2 Å². The quantitative estimate of drug-likeness (QED) is 0.781. The Labute approximate surface area is 104 Å². The Bertz CT molecular complexity index is 472. The van der Waals surface area contributed by atoms with Crippen molar-refractivity contribution in [1.82, 2.24) is 5.32 Å². The Morgan fingerprint density at radius 2 is 2.22 bits per heavy atom. The maximum Gasteiger partial charge on any atom is 0.251 e. The zero-order valence-electron chi connectivity index (χ0n) is 9.86. The molecule has 1 aromatic rings. The van der Waals surface area contributed by atoms with Crippen LogP contribution in [0, 0.1) is 5.82 Å². The second kappa shape index (κ2) is 4.24. The number of carbonyl (C=O) groups is 1. The van der Waals surface area contributed by atoms with E-state index in [0.29, 0.717) is 0 Å². The smallest absolute Gasteiger partial charge is 0.251 e. The van der Waals surface area contributed by atoms with Gasteiger partial charge in [0.1, 0.15) is 5.82 Å². The van der Waals surface area contributed by atoms with Crippen molar-refractivity contribution in [2.75, 3.05) is 5.73 Å². The van der Waals surface area contributed by atoms with Crippen LogP contribution in [0.3, 0.4) is 0 Å². The molecule has 3 atom stereocenters. The number of hydrogen-bond acceptors (Lipinski definition) is 3. The van der Waals surface area contributed by atoms with Crippen LogP contribution in [0.25, 0.3) is 0 Å². The first kappa shape index (κ1) is 11.5. The summed E-state index contributed by atoms with van der Waals surface area (Å²) in [5.74, 6) is -0.785.